The minimum absolute atomic E-state index is 0.0568. The lowest BCUT2D eigenvalue weighted by atomic mass is 10.1. The maximum Gasteiger partial charge on any atom is 0.337 e. The number of hydrogen-bond donors (Lipinski definition) is 3. The van der Waals surface area contributed by atoms with Crippen LogP contribution in [0.25, 0.3) is 0 Å². The first kappa shape index (κ1) is 12.9. The maximum atomic E-state index is 13.0. The number of benzene rings is 2. The van der Waals surface area contributed by atoms with E-state index in [1.54, 1.807) is 19.1 Å². The summed E-state index contributed by atoms with van der Waals surface area (Å²) in [6.07, 6.45) is 0. The second-order valence-corrected chi connectivity index (χ2v) is 4.19. The van der Waals surface area contributed by atoms with E-state index in [4.69, 9.17) is 10.8 Å². The van der Waals surface area contributed by atoms with E-state index in [2.05, 4.69) is 5.32 Å². The van der Waals surface area contributed by atoms with Crippen molar-refractivity contribution in [2.45, 2.75) is 6.92 Å². The van der Waals surface area contributed by atoms with Crippen molar-refractivity contribution in [2.24, 2.45) is 0 Å². The smallest absolute Gasteiger partial charge is 0.337 e. The molecule has 0 radical (unpaired) electrons. The van der Waals surface area contributed by atoms with Crippen LogP contribution in [0.2, 0.25) is 0 Å². The summed E-state index contributed by atoms with van der Waals surface area (Å²) in [7, 11) is 0. The highest BCUT2D eigenvalue weighted by Gasteiger charge is 2.08. The van der Waals surface area contributed by atoms with Gasteiger partial charge in [-0.2, -0.15) is 0 Å². The molecule has 98 valence electrons. The summed E-state index contributed by atoms with van der Waals surface area (Å²) >= 11 is 0. The average molecular weight is 260 g/mol. The van der Waals surface area contributed by atoms with Gasteiger partial charge in [0.2, 0.25) is 0 Å². The van der Waals surface area contributed by atoms with E-state index >= 15 is 0 Å². The van der Waals surface area contributed by atoms with Crippen molar-refractivity contribution in [3.63, 3.8) is 0 Å². The van der Waals surface area contributed by atoms with Crippen LogP contribution in [0.5, 0.6) is 0 Å². The summed E-state index contributed by atoms with van der Waals surface area (Å²) in [5.41, 5.74) is 8.03. The number of nitrogens with one attached hydrogen (secondary N) is 1. The molecule has 4 nitrogen and oxygen atoms in total. The third-order valence-electron chi connectivity index (χ3n) is 2.75. The number of carboxylic acids is 1. The number of aromatic carboxylic acids is 1. The van der Waals surface area contributed by atoms with Crippen molar-refractivity contribution in [1.82, 2.24) is 0 Å². The number of aryl methyl sites for hydroxylation is 1. The van der Waals surface area contributed by atoms with E-state index in [1.165, 1.54) is 24.3 Å². The largest absolute Gasteiger partial charge is 0.478 e. The van der Waals surface area contributed by atoms with Crippen LogP contribution in [0, 0.1) is 12.7 Å². The van der Waals surface area contributed by atoms with E-state index in [9.17, 15) is 9.18 Å². The molecule has 0 amide bonds. The Bertz CT molecular complexity index is 641. The Morgan fingerprint density at radius 2 is 2.00 bits per heavy atom. The van der Waals surface area contributed by atoms with Crippen LogP contribution in [0.15, 0.2) is 36.4 Å². The van der Waals surface area contributed by atoms with Crippen LogP contribution in [0.3, 0.4) is 0 Å². The standard InChI is InChI=1S/C14H13FN2O2/c1-8-6-9(15)2-5-13(8)17-10-3-4-11(14(18)19)12(16)7-10/h2-7,17H,16H2,1H3,(H,18,19). The SMILES string of the molecule is Cc1cc(F)ccc1Nc1ccc(C(=O)O)c(N)c1. The Hall–Kier alpha value is -2.56. The molecule has 0 fully saturated rings. The molecule has 2 aromatic rings. The van der Waals surface area contributed by atoms with Crippen molar-refractivity contribution in [2.75, 3.05) is 11.1 Å². The molecule has 0 aromatic heterocycles. The molecule has 0 unspecified atom stereocenters. The van der Waals surface area contributed by atoms with Crippen LogP contribution in [0.1, 0.15) is 15.9 Å². The first-order valence-corrected chi connectivity index (χ1v) is 5.63. The third kappa shape index (κ3) is 2.82. The lowest BCUT2D eigenvalue weighted by molar-refractivity contribution is 0.0698. The van der Waals surface area contributed by atoms with Crippen LogP contribution in [0.4, 0.5) is 21.5 Å². The molecule has 0 aliphatic carbocycles. The van der Waals surface area contributed by atoms with E-state index in [-0.39, 0.29) is 17.1 Å². The Morgan fingerprint density at radius 1 is 1.26 bits per heavy atom. The molecule has 2 rings (SSSR count). The van der Waals surface area contributed by atoms with Crippen molar-refractivity contribution in [3.05, 3.63) is 53.3 Å². The molecule has 0 spiro atoms. The number of anilines is 3. The fourth-order valence-electron chi connectivity index (χ4n) is 1.76. The Morgan fingerprint density at radius 3 is 2.58 bits per heavy atom. The van der Waals surface area contributed by atoms with Gasteiger partial charge in [-0.1, -0.05) is 0 Å². The molecule has 0 atom stereocenters. The summed E-state index contributed by atoms with van der Waals surface area (Å²) in [6, 6.07) is 8.96. The van der Waals surface area contributed by atoms with Crippen LogP contribution >= 0.6 is 0 Å². The minimum Gasteiger partial charge on any atom is -0.478 e. The lowest BCUT2D eigenvalue weighted by Crippen LogP contribution is -2.03. The second-order valence-electron chi connectivity index (χ2n) is 4.19. The van der Waals surface area contributed by atoms with Gasteiger partial charge in [0.1, 0.15) is 5.82 Å². The first-order valence-electron chi connectivity index (χ1n) is 5.63. The molecule has 0 aliphatic rings. The molecule has 0 aliphatic heterocycles. The van der Waals surface area contributed by atoms with Gasteiger partial charge in [-0.25, -0.2) is 9.18 Å². The van der Waals surface area contributed by atoms with Crippen molar-refractivity contribution >= 4 is 23.0 Å². The number of halogens is 1. The summed E-state index contributed by atoms with van der Waals surface area (Å²) in [5.74, 6) is -1.37. The molecule has 0 saturated carbocycles. The van der Waals surface area contributed by atoms with Gasteiger partial charge in [-0.05, 0) is 48.9 Å². The Balaban J connectivity index is 2.29. The summed E-state index contributed by atoms with van der Waals surface area (Å²) in [6.45, 7) is 1.78. The number of nitrogen functional groups attached to an aromatic ring is 1. The predicted molar refractivity (Wildman–Crippen MR) is 72.2 cm³/mol. The topological polar surface area (TPSA) is 75.3 Å². The number of rotatable bonds is 3. The van der Waals surface area contributed by atoms with E-state index < -0.39 is 5.97 Å². The van der Waals surface area contributed by atoms with Gasteiger partial charge in [0.15, 0.2) is 0 Å². The first-order chi connectivity index (χ1) is 8.97. The molecule has 4 N–H and O–H groups in total. The quantitative estimate of drug-likeness (QED) is 0.741. The van der Waals surface area contributed by atoms with Crippen molar-refractivity contribution in [3.8, 4) is 0 Å². The van der Waals surface area contributed by atoms with Crippen LogP contribution in [-0.4, -0.2) is 11.1 Å². The highest BCUT2D eigenvalue weighted by Crippen LogP contribution is 2.24. The molecule has 5 heteroatoms. The normalized spacial score (nSPS) is 10.2. The highest BCUT2D eigenvalue weighted by molar-refractivity contribution is 5.94. The van der Waals surface area contributed by atoms with E-state index in [0.29, 0.717) is 5.69 Å². The van der Waals surface area contributed by atoms with Crippen molar-refractivity contribution < 1.29 is 14.3 Å². The molecular weight excluding hydrogens is 247 g/mol. The zero-order valence-electron chi connectivity index (χ0n) is 10.3. The van der Waals surface area contributed by atoms with Crippen molar-refractivity contribution in [1.29, 1.82) is 0 Å². The molecule has 2 aromatic carbocycles. The molecule has 19 heavy (non-hydrogen) atoms. The van der Waals surface area contributed by atoms with E-state index in [0.717, 1.165) is 11.3 Å². The monoisotopic (exact) mass is 260 g/mol. The Labute approximate surface area is 109 Å². The molecular formula is C14H13FN2O2. The highest BCUT2D eigenvalue weighted by atomic mass is 19.1. The van der Waals surface area contributed by atoms with Gasteiger partial charge in [0.05, 0.1) is 5.56 Å². The van der Waals surface area contributed by atoms with Gasteiger partial charge >= 0.3 is 5.97 Å². The van der Waals surface area contributed by atoms with Gasteiger partial charge in [0, 0.05) is 17.1 Å². The zero-order chi connectivity index (χ0) is 14.0. The maximum absolute atomic E-state index is 13.0. The van der Waals surface area contributed by atoms with Gasteiger partial charge in [-0.3, -0.25) is 0 Å². The Kier molecular flexibility index (Phi) is 3.37. The fourth-order valence-corrected chi connectivity index (χ4v) is 1.76. The van der Waals surface area contributed by atoms with E-state index in [1.807, 2.05) is 0 Å². The summed E-state index contributed by atoms with van der Waals surface area (Å²) in [5, 5.41) is 11.9. The number of hydrogen-bond acceptors (Lipinski definition) is 3. The average Bonchev–Trinajstić information content (AvgIpc) is 2.32. The number of carboxylic acid groups (broad SMARTS) is 1. The summed E-state index contributed by atoms with van der Waals surface area (Å²) < 4.78 is 13.0. The zero-order valence-corrected chi connectivity index (χ0v) is 10.3. The fraction of sp³-hybridized carbons (Fsp3) is 0.0714. The molecule has 0 heterocycles. The molecule has 0 bridgehead atoms. The minimum atomic E-state index is -1.07. The third-order valence-corrected chi connectivity index (χ3v) is 2.75. The van der Waals surface area contributed by atoms with Crippen LogP contribution < -0.4 is 11.1 Å². The number of carbonyl (C=O) groups is 1. The molecule has 0 saturated heterocycles. The van der Waals surface area contributed by atoms with Gasteiger partial charge in [-0.15, -0.1) is 0 Å². The predicted octanol–water partition coefficient (Wildman–Crippen LogP) is 3.16. The van der Waals surface area contributed by atoms with Gasteiger partial charge < -0.3 is 16.2 Å². The number of nitrogens with two attached hydrogens (primary N) is 1. The van der Waals surface area contributed by atoms with Gasteiger partial charge in [0.25, 0.3) is 0 Å². The lowest BCUT2D eigenvalue weighted by Gasteiger charge is -2.11. The van der Waals surface area contributed by atoms with Crippen LogP contribution in [-0.2, 0) is 0 Å². The second kappa shape index (κ2) is 4.97. The summed E-state index contributed by atoms with van der Waals surface area (Å²) in [4.78, 5) is 10.8.